The van der Waals surface area contributed by atoms with Crippen LogP contribution in [0.2, 0.25) is 0 Å². The van der Waals surface area contributed by atoms with Crippen LogP contribution in [0, 0.1) is 0 Å². The summed E-state index contributed by atoms with van der Waals surface area (Å²) in [6.45, 7) is 4.28. The van der Waals surface area contributed by atoms with Gasteiger partial charge in [0, 0.05) is 47.4 Å². The number of carbonyl (C=O) groups excluding carboxylic acids is 1. The van der Waals surface area contributed by atoms with Crippen LogP contribution in [0.25, 0.3) is 10.9 Å². The molecule has 2 heterocycles. The zero-order chi connectivity index (χ0) is 22.1. The third-order valence-electron chi connectivity index (χ3n) is 7.00. The van der Waals surface area contributed by atoms with Gasteiger partial charge in [0.1, 0.15) is 12.8 Å². The molecule has 1 aromatic heterocycles. The highest BCUT2D eigenvalue weighted by molar-refractivity contribution is 6.16. The summed E-state index contributed by atoms with van der Waals surface area (Å²) in [5.74, 6) is 0.286. The number of rotatable bonds is 3. The molecule has 2 aliphatic rings. The smallest absolute Gasteiger partial charge is 0.209 e. The Morgan fingerprint density at radius 2 is 1.94 bits per heavy atom. The number of Topliss-reactive ketones (excluding diaryl/α,β-unsaturated/α-hetero) is 1. The van der Waals surface area contributed by atoms with Crippen LogP contribution < -0.4 is 4.74 Å². The van der Waals surface area contributed by atoms with Crippen LogP contribution in [0.3, 0.4) is 0 Å². The van der Waals surface area contributed by atoms with E-state index in [2.05, 4.69) is 24.5 Å². The van der Waals surface area contributed by atoms with Crippen molar-refractivity contribution < 1.29 is 19.2 Å². The number of benzene rings is 2. The topological polar surface area (TPSA) is 54.5 Å². The van der Waals surface area contributed by atoms with Crippen molar-refractivity contribution in [3.63, 3.8) is 0 Å². The molecule has 0 radical (unpaired) electrons. The van der Waals surface area contributed by atoms with Gasteiger partial charge in [-0.05, 0) is 37.6 Å². The number of fused-ring (bicyclic) bond motifs is 2. The lowest BCUT2D eigenvalue weighted by molar-refractivity contribution is -0.401. The molecule has 2 unspecified atom stereocenters. The second-order valence-corrected chi connectivity index (χ2v) is 9.05. The molecule has 1 N–H and O–H groups in total. The number of methoxy groups -OCH3 is 1. The van der Waals surface area contributed by atoms with E-state index in [0.717, 1.165) is 39.2 Å². The summed E-state index contributed by atoms with van der Waals surface area (Å²) >= 11 is 0. The van der Waals surface area contributed by atoms with Gasteiger partial charge in [-0.3, -0.25) is 4.79 Å². The lowest BCUT2D eigenvalue weighted by Crippen LogP contribution is -2.44. The SMILES string of the molecule is COc1ccc2c(c1)C(C)(C)C(C=C1C(=O)C(c3cn(C)c4ccccc34)C1O)=[N+]2C. The number of ether oxygens (including phenoxy) is 1. The second kappa shape index (κ2) is 6.66. The van der Waals surface area contributed by atoms with Crippen molar-refractivity contribution in [2.45, 2.75) is 31.3 Å². The van der Waals surface area contributed by atoms with Crippen molar-refractivity contribution in [3.8, 4) is 5.75 Å². The summed E-state index contributed by atoms with van der Waals surface area (Å²) in [4.78, 5) is 13.2. The monoisotopic (exact) mass is 415 g/mol. The largest absolute Gasteiger partial charge is 0.497 e. The highest BCUT2D eigenvalue weighted by Gasteiger charge is 2.50. The van der Waals surface area contributed by atoms with E-state index in [0.29, 0.717) is 5.57 Å². The first kappa shape index (κ1) is 19.8. The van der Waals surface area contributed by atoms with Crippen LogP contribution >= 0.6 is 0 Å². The van der Waals surface area contributed by atoms with Crippen LogP contribution in [0.5, 0.6) is 5.75 Å². The Bertz CT molecular complexity index is 1310. The first-order valence-corrected chi connectivity index (χ1v) is 10.5. The standard InChI is InChI=1S/C26H27N2O3/c1-26(2)19-12-15(31-5)10-11-21(19)28(4)22(26)13-17-24(29)23(25(17)30)18-14-27(3)20-9-7-6-8-16(18)20/h6-14,23-24,29H,1-5H3/q+1. The third-order valence-corrected chi connectivity index (χ3v) is 7.00. The molecule has 31 heavy (non-hydrogen) atoms. The van der Waals surface area contributed by atoms with E-state index < -0.39 is 12.0 Å². The highest BCUT2D eigenvalue weighted by Crippen LogP contribution is 2.45. The van der Waals surface area contributed by atoms with Gasteiger partial charge in [0.05, 0.1) is 24.5 Å². The fourth-order valence-corrected chi connectivity index (χ4v) is 5.19. The molecule has 0 spiro atoms. The number of aryl methyl sites for hydroxylation is 1. The first-order chi connectivity index (χ1) is 14.8. The summed E-state index contributed by atoms with van der Waals surface area (Å²) in [5, 5.41) is 12.0. The van der Waals surface area contributed by atoms with Gasteiger partial charge in [0.2, 0.25) is 5.69 Å². The molecule has 2 aromatic carbocycles. The Balaban J connectivity index is 1.53. The molecule has 1 aliphatic carbocycles. The minimum Gasteiger partial charge on any atom is -0.497 e. The number of aliphatic hydroxyl groups excluding tert-OH is 1. The van der Waals surface area contributed by atoms with E-state index in [-0.39, 0.29) is 11.2 Å². The number of hydrogen-bond donors (Lipinski definition) is 1. The molecule has 5 nitrogen and oxygen atoms in total. The zero-order valence-corrected chi connectivity index (χ0v) is 18.5. The van der Waals surface area contributed by atoms with Crippen molar-refractivity contribution in [2.75, 3.05) is 14.2 Å². The fraction of sp³-hybridized carbons (Fsp3) is 0.308. The average molecular weight is 416 g/mol. The summed E-state index contributed by atoms with van der Waals surface area (Å²) in [6, 6.07) is 14.0. The summed E-state index contributed by atoms with van der Waals surface area (Å²) in [7, 11) is 5.64. The van der Waals surface area contributed by atoms with Gasteiger partial charge in [-0.2, -0.15) is 4.58 Å². The molecule has 0 amide bonds. The number of ketones is 1. The van der Waals surface area contributed by atoms with Crippen molar-refractivity contribution in [3.05, 3.63) is 71.4 Å². The highest BCUT2D eigenvalue weighted by atomic mass is 16.5. The van der Waals surface area contributed by atoms with Crippen LogP contribution in [0.15, 0.2) is 60.3 Å². The zero-order valence-electron chi connectivity index (χ0n) is 18.5. The van der Waals surface area contributed by atoms with E-state index in [1.54, 1.807) is 7.11 Å². The van der Waals surface area contributed by atoms with E-state index in [4.69, 9.17) is 4.74 Å². The Morgan fingerprint density at radius 1 is 1.19 bits per heavy atom. The predicted molar refractivity (Wildman–Crippen MR) is 122 cm³/mol. The summed E-state index contributed by atoms with van der Waals surface area (Å²) < 4.78 is 9.53. The normalized spacial score (nSPS) is 23.4. The van der Waals surface area contributed by atoms with Crippen LogP contribution in [0.1, 0.15) is 30.9 Å². The van der Waals surface area contributed by atoms with Crippen molar-refractivity contribution in [1.29, 1.82) is 0 Å². The van der Waals surface area contributed by atoms with Crippen molar-refractivity contribution in [2.24, 2.45) is 7.05 Å². The molecule has 1 aliphatic heterocycles. The van der Waals surface area contributed by atoms with Gasteiger partial charge >= 0.3 is 0 Å². The number of nitrogens with zero attached hydrogens (tertiary/aromatic N) is 2. The van der Waals surface area contributed by atoms with Gasteiger partial charge in [0.15, 0.2) is 11.5 Å². The van der Waals surface area contributed by atoms with Crippen molar-refractivity contribution >= 4 is 28.1 Å². The lowest BCUT2D eigenvalue weighted by atomic mass is 9.69. The molecular weight excluding hydrogens is 388 g/mol. The number of aliphatic hydroxyl groups is 1. The summed E-state index contributed by atoms with van der Waals surface area (Å²) in [5.41, 5.74) is 5.35. The number of aromatic nitrogens is 1. The maximum Gasteiger partial charge on any atom is 0.209 e. The molecular formula is C26H27N2O3+. The molecule has 5 rings (SSSR count). The molecule has 158 valence electrons. The minimum absolute atomic E-state index is 0.00547. The van der Waals surface area contributed by atoms with E-state index in [9.17, 15) is 9.90 Å². The van der Waals surface area contributed by atoms with Gasteiger partial charge in [-0.1, -0.05) is 18.2 Å². The minimum atomic E-state index is -0.812. The third kappa shape index (κ3) is 2.66. The van der Waals surface area contributed by atoms with Gasteiger partial charge in [-0.15, -0.1) is 0 Å². The van der Waals surface area contributed by atoms with Gasteiger partial charge in [-0.25, -0.2) is 0 Å². The second-order valence-electron chi connectivity index (χ2n) is 9.05. The Kier molecular flexibility index (Phi) is 4.25. The van der Waals surface area contributed by atoms with E-state index in [1.807, 2.05) is 67.3 Å². The van der Waals surface area contributed by atoms with E-state index in [1.165, 1.54) is 0 Å². The number of hydrogen-bond acceptors (Lipinski definition) is 3. The molecule has 3 aromatic rings. The molecule has 5 heteroatoms. The first-order valence-electron chi connectivity index (χ1n) is 10.5. The quantitative estimate of drug-likeness (QED) is 0.522. The Hall–Kier alpha value is -3.18. The molecule has 0 saturated heterocycles. The predicted octanol–water partition coefficient (Wildman–Crippen LogP) is 3.85. The maximum absolute atomic E-state index is 13.2. The van der Waals surface area contributed by atoms with Crippen molar-refractivity contribution in [1.82, 2.24) is 4.57 Å². The van der Waals surface area contributed by atoms with Gasteiger partial charge in [0.25, 0.3) is 0 Å². The number of carbonyl (C=O) groups is 1. The van der Waals surface area contributed by atoms with Gasteiger partial charge < -0.3 is 14.4 Å². The Labute approximate surface area is 181 Å². The average Bonchev–Trinajstić information content (AvgIpc) is 3.18. The Morgan fingerprint density at radius 3 is 2.65 bits per heavy atom. The molecule has 1 fully saturated rings. The number of para-hydroxylation sites is 1. The molecule has 1 saturated carbocycles. The van der Waals surface area contributed by atoms with Crippen LogP contribution in [0.4, 0.5) is 5.69 Å². The van der Waals surface area contributed by atoms with Crippen LogP contribution in [-0.2, 0) is 17.3 Å². The summed E-state index contributed by atoms with van der Waals surface area (Å²) in [6.07, 6.45) is 3.04. The number of allylic oxidation sites excluding steroid dienone is 1. The lowest BCUT2D eigenvalue weighted by Gasteiger charge is -2.34. The van der Waals surface area contributed by atoms with Crippen LogP contribution in [-0.4, -0.2) is 46.0 Å². The fourth-order valence-electron chi connectivity index (χ4n) is 5.19. The molecule has 0 bridgehead atoms. The van der Waals surface area contributed by atoms with E-state index >= 15 is 0 Å². The maximum atomic E-state index is 13.2. The molecule has 2 atom stereocenters.